The molecule has 0 fully saturated rings. The average Bonchev–Trinajstić information content (AvgIpc) is 3.36. The van der Waals surface area contributed by atoms with Crippen molar-refractivity contribution >= 4 is 12.2 Å². The van der Waals surface area contributed by atoms with Crippen LogP contribution in [0.4, 0.5) is 8.78 Å². The molecule has 4 aromatic rings. The molecule has 7 nitrogen and oxygen atoms in total. The SMILES string of the molecule is Cc1ccc(Cn2nc(C)c(-n3c(-c4ccnn4C(F)F)n[nH]c3=S)c2C)cc1. The van der Waals surface area contributed by atoms with Crippen LogP contribution in [0.25, 0.3) is 17.2 Å². The van der Waals surface area contributed by atoms with E-state index in [1.54, 1.807) is 4.57 Å². The van der Waals surface area contributed by atoms with Crippen LogP contribution in [0.2, 0.25) is 0 Å². The second-order valence-electron chi connectivity index (χ2n) is 6.79. The van der Waals surface area contributed by atoms with Gasteiger partial charge in [-0.1, -0.05) is 29.8 Å². The molecule has 0 aliphatic heterocycles. The van der Waals surface area contributed by atoms with E-state index < -0.39 is 6.55 Å². The molecule has 0 saturated carbocycles. The van der Waals surface area contributed by atoms with Gasteiger partial charge in [0.2, 0.25) is 0 Å². The monoisotopic (exact) mass is 415 g/mol. The van der Waals surface area contributed by atoms with Gasteiger partial charge >= 0.3 is 6.55 Å². The number of aromatic amines is 1. The van der Waals surface area contributed by atoms with Crippen molar-refractivity contribution in [3.05, 3.63) is 63.8 Å². The Labute approximate surface area is 170 Å². The highest BCUT2D eigenvalue weighted by Crippen LogP contribution is 2.28. The zero-order valence-corrected chi connectivity index (χ0v) is 16.9. The summed E-state index contributed by atoms with van der Waals surface area (Å²) in [6.07, 6.45) is 1.31. The summed E-state index contributed by atoms with van der Waals surface area (Å²) in [7, 11) is 0. The van der Waals surface area contributed by atoms with Gasteiger partial charge in [0.05, 0.1) is 23.6 Å². The van der Waals surface area contributed by atoms with Gasteiger partial charge in [0.15, 0.2) is 10.6 Å². The molecular formula is C19H19F2N7S. The maximum absolute atomic E-state index is 13.3. The highest BCUT2D eigenvalue weighted by Gasteiger charge is 2.23. The quantitative estimate of drug-likeness (QED) is 0.492. The summed E-state index contributed by atoms with van der Waals surface area (Å²) in [6.45, 7) is 3.62. The van der Waals surface area contributed by atoms with E-state index >= 15 is 0 Å². The van der Waals surface area contributed by atoms with Gasteiger partial charge in [-0.3, -0.25) is 14.3 Å². The lowest BCUT2D eigenvalue weighted by atomic mass is 10.1. The molecule has 3 aromatic heterocycles. The number of hydrogen-bond donors (Lipinski definition) is 1. The predicted octanol–water partition coefficient (Wildman–Crippen LogP) is 4.36. The Morgan fingerprint density at radius 2 is 1.83 bits per heavy atom. The highest BCUT2D eigenvalue weighted by atomic mass is 32.1. The number of hydrogen-bond acceptors (Lipinski definition) is 4. The lowest BCUT2D eigenvalue weighted by molar-refractivity contribution is 0.0583. The molecule has 0 unspecified atom stereocenters. The number of halogens is 2. The Hall–Kier alpha value is -3.14. The molecule has 0 atom stereocenters. The molecule has 29 heavy (non-hydrogen) atoms. The zero-order valence-electron chi connectivity index (χ0n) is 16.1. The second-order valence-corrected chi connectivity index (χ2v) is 7.18. The van der Waals surface area contributed by atoms with Crippen LogP contribution in [-0.4, -0.2) is 34.3 Å². The zero-order chi connectivity index (χ0) is 20.7. The minimum absolute atomic E-state index is 0.164. The Morgan fingerprint density at radius 1 is 1.10 bits per heavy atom. The fourth-order valence-corrected chi connectivity index (χ4v) is 3.58. The van der Waals surface area contributed by atoms with Crippen molar-refractivity contribution in [1.29, 1.82) is 0 Å². The van der Waals surface area contributed by atoms with Gasteiger partial charge in [0.25, 0.3) is 0 Å². The van der Waals surface area contributed by atoms with E-state index in [0.29, 0.717) is 21.7 Å². The van der Waals surface area contributed by atoms with Gasteiger partial charge in [-0.2, -0.15) is 24.1 Å². The van der Waals surface area contributed by atoms with Crippen LogP contribution in [0.1, 0.15) is 29.1 Å². The molecule has 1 aromatic carbocycles. The van der Waals surface area contributed by atoms with Gasteiger partial charge in [0, 0.05) is 6.20 Å². The molecule has 150 valence electrons. The molecule has 0 aliphatic rings. The van der Waals surface area contributed by atoms with E-state index in [9.17, 15) is 8.78 Å². The second kappa shape index (κ2) is 7.36. The van der Waals surface area contributed by atoms with Crippen molar-refractivity contribution in [2.45, 2.75) is 33.9 Å². The van der Waals surface area contributed by atoms with E-state index in [2.05, 4.69) is 44.7 Å². The number of benzene rings is 1. The van der Waals surface area contributed by atoms with Crippen molar-refractivity contribution in [2.24, 2.45) is 0 Å². The normalized spacial score (nSPS) is 11.5. The average molecular weight is 415 g/mol. The molecule has 0 spiro atoms. The van der Waals surface area contributed by atoms with Crippen LogP contribution in [0.5, 0.6) is 0 Å². The van der Waals surface area contributed by atoms with Gasteiger partial charge in [-0.05, 0) is 44.6 Å². The largest absolute Gasteiger partial charge is 0.333 e. The summed E-state index contributed by atoms with van der Waals surface area (Å²) in [6, 6.07) is 9.70. The summed E-state index contributed by atoms with van der Waals surface area (Å²) in [5.74, 6) is 0.258. The maximum Gasteiger partial charge on any atom is 0.333 e. The number of nitrogens with one attached hydrogen (secondary N) is 1. The van der Waals surface area contributed by atoms with E-state index in [1.807, 2.05) is 25.5 Å². The van der Waals surface area contributed by atoms with Crippen molar-refractivity contribution in [3.8, 4) is 17.2 Å². The van der Waals surface area contributed by atoms with Crippen LogP contribution >= 0.6 is 12.2 Å². The number of aryl methyl sites for hydroxylation is 2. The van der Waals surface area contributed by atoms with Gasteiger partial charge in [-0.25, -0.2) is 4.68 Å². The molecule has 0 radical (unpaired) electrons. The number of aromatic nitrogens is 7. The van der Waals surface area contributed by atoms with Crippen LogP contribution < -0.4 is 0 Å². The summed E-state index contributed by atoms with van der Waals surface area (Å²) < 4.78 is 31.1. The minimum atomic E-state index is -2.79. The molecule has 1 N–H and O–H groups in total. The van der Waals surface area contributed by atoms with Crippen LogP contribution in [0.3, 0.4) is 0 Å². The molecule has 0 saturated heterocycles. The van der Waals surface area contributed by atoms with Gasteiger partial charge in [-0.15, -0.1) is 0 Å². The molecular weight excluding hydrogens is 396 g/mol. The topological polar surface area (TPSA) is 69.2 Å². The Kier molecular flexibility index (Phi) is 4.87. The first-order valence-corrected chi connectivity index (χ1v) is 9.37. The molecule has 4 rings (SSSR count). The van der Waals surface area contributed by atoms with E-state index in [1.165, 1.54) is 17.8 Å². The summed E-state index contributed by atoms with van der Waals surface area (Å²) in [5.41, 5.74) is 4.75. The lowest BCUT2D eigenvalue weighted by Crippen LogP contribution is -2.08. The van der Waals surface area contributed by atoms with E-state index in [4.69, 9.17) is 12.2 Å². The summed E-state index contributed by atoms with van der Waals surface area (Å²) >= 11 is 5.40. The molecule has 3 heterocycles. The van der Waals surface area contributed by atoms with Crippen LogP contribution in [-0.2, 0) is 6.54 Å². The fraction of sp³-hybridized carbons (Fsp3) is 0.263. The fourth-order valence-electron chi connectivity index (χ4n) is 3.35. The van der Waals surface area contributed by atoms with Gasteiger partial charge < -0.3 is 0 Å². The standard InChI is InChI=1S/C19H19F2N7S/c1-11-4-6-14(7-5-11)10-26-13(3)16(12(2)25-26)27-17(23-24-19(27)29)15-8-9-22-28(15)18(20)21/h4-9,18H,10H2,1-3H3,(H,24,29). The Bertz CT molecular complexity index is 1210. The maximum atomic E-state index is 13.3. The third-order valence-electron chi connectivity index (χ3n) is 4.78. The highest BCUT2D eigenvalue weighted by molar-refractivity contribution is 7.71. The van der Waals surface area contributed by atoms with Gasteiger partial charge in [0.1, 0.15) is 5.69 Å². The summed E-state index contributed by atoms with van der Waals surface area (Å²) in [4.78, 5) is 0. The number of H-pyrrole nitrogens is 1. The van der Waals surface area contributed by atoms with Crippen molar-refractivity contribution in [1.82, 2.24) is 34.3 Å². The molecule has 0 bridgehead atoms. The number of nitrogens with zero attached hydrogens (tertiary/aromatic N) is 6. The minimum Gasteiger partial charge on any atom is -0.263 e. The molecule has 10 heteroatoms. The first-order valence-electron chi connectivity index (χ1n) is 8.96. The lowest BCUT2D eigenvalue weighted by Gasteiger charge is -2.10. The Balaban J connectivity index is 1.81. The van der Waals surface area contributed by atoms with E-state index in [-0.39, 0.29) is 11.5 Å². The number of rotatable bonds is 5. The third-order valence-corrected chi connectivity index (χ3v) is 5.05. The van der Waals surface area contributed by atoms with Crippen molar-refractivity contribution in [3.63, 3.8) is 0 Å². The smallest absolute Gasteiger partial charge is 0.263 e. The molecule has 0 amide bonds. The van der Waals surface area contributed by atoms with Crippen molar-refractivity contribution < 1.29 is 8.78 Å². The van der Waals surface area contributed by atoms with Crippen LogP contribution in [0.15, 0.2) is 36.5 Å². The number of alkyl halides is 2. The first kappa shape index (κ1) is 19.2. The summed E-state index contributed by atoms with van der Waals surface area (Å²) in [5, 5.41) is 15.2. The predicted molar refractivity (Wildman–Crippen MR) is 107 cm³/mol. The third kappa shape index (κ3) is 3.39. The Morgan fingerprint density at radius 3 is 2.52 bits per heavy atom. The molecule has 0 aliphatic carbocycles. The first-order chi connectivity index (χ1) is 13.9. The van der Waals surface area contributed by atoms with Crippen LogP contribution in [0, 0.1) is 25.5 Å². The van der Waals surface area contributed by atoms with Crippen molar-refractivity contribution in [2.75, 3.05) is 0 Å². The van der Waals surface area contributed by atoms with E-state index in [0.717, 1.165) is 17.0 Å².